The smallest absolute Gasteiger partial charge is 0.0546 e. The van der Waals surface area contributed by atoms with Crippen molar-refractivity contribution in [2.75, 3.05) is 4.90 Å². The summed E-state index contributed by atoms with van der Waals surface area (Å²) in [5.41, 5.74) is 12.8. The van der Waals surface area contributed by atoms with Gasteiger partial charge >= 0.3 is 0 Å². The van der Waals surface area contributed by atoms with Gasteiger partial charge in [-0.25, -0.2) is 0 Å². The summed E-state index contributed by atoms with van der Waals surface area (Å²) in [6, 6.07) is 91.1. The van der Waals surface area contributed by atoms with E-state index in [-0.39, 0.29) is 0 Å². The van der Waals surface area contributed by atoms with E-state index in [1.54, 1.807) is 0 Å². The van der Waals surface area contributed by atoms with Gasteiger partial charge in [-0.15, -0.1) is 0 Å². The van der Waals surface area contributed by atoms with E-state index < -0.39 is 0 Å². The van der Waals surface area contributed by atoms with E-state index in [2.05, 4.69) is 254 Å². The van der Waals surface area contributed by atoms with Crippen LogP contribution in [0.1, 0.15) is 0 Å². The van der Waals surface area contributed by atoms with Crippen molar-refractivity contribution in [2.45, 2.75) is 0 Å². The first-order valence-corrected chi connectivity index (χ1v) is 21.7. The van der Waals surface area contributed by atoms with E-state index in [0.717, 1.165) is 22.6 Å². The van der Waals surface area contributed by atoms with Gasteiger partial charge in [0.25, 0.3) is 0 Å². The third-order valence-corrected chi connectivity index (χ3v) is 12.8. The lowest BCUT2D eigenvalue weighted by Gasteiger charge is -2.29. The second kappa shape index (κ2) is 15.3. The number of hydrogen-bond donors (Lipinski definition) is 0. The Hall–Kier alpha value is -8.26. The number of anilines is 3. The van der Waals surface area contributed by atoms with Gasteiger partial charge < -0.3 is 4.90 Å². The van der Waals surface area contributed by atoms with Crippen molar-refractivity contribution in [3.63, 3.8) is 0 Å². The van der Waals surface area contributed by atoms with Crippen molar-refractivity contribution in [3.05, 3.63) is 249 Å². The average Bonchev–Trinajstić information content (AvgIpc) is 3.37. The third-order valence-electron chi connectivity index (χ3n) is 12.8. The maximum atomic E-state index is 2.43. The molecule has 0 unspecified atom stereocenters. The van der Waals surface area contributed by atoms with Crippen molar-refractivity contribution in [1.82, 2.24) is 0 Å². The van der Waals surface area contributed by atoms with Crippen LogP contribution < -0.4 is 4.90 Å². The minimum Gasteiger partial charge on any atom is -0.310 e. The summed E-state index contributed by atoms with van der Waals surface area (Å²) < 4.78 is 0. The van der Waals surface area contributed by atoms with Gasteiger partial charge in [0.15, 0.2) is 0 Å². The average molecular weight is 800 g/mol. The van der Waals surface area contributed by atoms with Gasteiger partial charge in [0, 0.05) is 16.9 Å². The summed E-state index contributed by atoms with van der Waals surface area (Å²) in [7, 11) is 0. The van der Waals surface area contributed by atoms with E-state index in [1.807, 2.05) is 0 Å². The second-order valence-electron chi connectivity index (χ2n) is 16.5. The van der Waals surface area contributed by atoms with Crippen molar-refractivity contribution in [3.8, 4) is 44.5 Å². The Kier molecular flexibility index (Phi) is 8.90. The van der Waals surface area contributed by atoms with Crippen LogP contribution in [0.2, 0.25) is 0 Å². The van der Waals surface area contributed by atoms with Gasteiger partial charge in [0.2, 0.25) is 0 Å². The first kappa shape index (κ1) is 36.6. The molecule has 0 aliphatic rings. The molecule has 0 bridgehead atoms. The normalized spacial score (nSPS) is 11.5. The molecule has 63 heavy (non-hydrogen) atoms. The van der Waals surface area contributed by atoms with Gasteiger partial charge in [0.05, 0.1) is 5.69 Å². The van der Waals surface area contributed by atoms with Gasteiger partial charge in [-0.1, -0.05) is 206 Å². The van der Waals surface area contributed by atoms with Crippen molar-refractivity contribution in [1.29, 1.82) is 0 Å². The first-order valence-electron chi connectivity index (χ1n) is 21.7. The fourth-order valence-corrected chi connectivity index (χ4v) is 9.70. The van der Waals surface area contributed by atoms with Crippen LogP contribution in [0.5, 0.6) is 0 Å². The molecule has 0 aliphatic carbocycles. The summed E-state index contributed by atoms with van der Waals surface area (Å²) in [5, 5.41) is 12.7. The van der Waals surface area contributed by atoms with Crippen LogP contribution in [-0.2, 0) is 0 Å². The third kappa shape index (κ3) is 6.50. The van der Waals surface area contributed by atoms with Gasteiger partial charge in [-0.05, 0) is 135 Å². The van der Waals surface area contributed by atoms with Crippen LogP contribution in [0.3, 0.4) is 0 Å². The predicted octanol–water partition coefficient (Wildman–Crippen LogP) is 17.6. The molecule has 294 valence electrons. The van der Waals surface area contributed by atoms with E-state index in [1.165, 1.54) is 92.8 Å². The van der Waals surface area contributed by atoms with E-state index >= 15 is 0 Å². The lowest BCUT2D eigenvalue weighted by molar-refractivity contribution is 1.28. The van der Waals surface area contributed by atoms with Gasteiger partial charge in [0.1, 0.15) is 0 Å². The Balaban J connectivity index is 1.01. The standard InChI is InChI=1S/C62H41N/c1-3-13-42(14-4-1)49-31-36-55(44-15-5-2-6-16-44)62(41-49)63(52-34-27-47(28-35-52)61-40-50-18-8-10-20-54(50)56-21-11-12-22-57(56)61)51-32-25-43(26-33-51)48-24-23-46-30-37-58-53-19-9-7-17-45(53)29-38-59(58)60(46)39-48/h1-41H. The monoisotopic (exact) mass is 799 g/mol. The number of benzene rings is 12. The lowest BCUT2D eigenvalue weighted by Crippen LogP contribution is -2.11. The number of fused-ring (bicyclic) bond motifs is 8. The molecule has 0 saturated heterocycles. The van der Waals surface area contributed by atoms with Crippen LogP contribution >= 0.6 is 0 Å². The topological polar surface area (TPSA) is 3.24 Å². The van der Waals surface area contributed by atoms with Crippen molar-refractivity contribution in [2.24, 2.45) is 0 Å². The first-order chi connectivity index (χ1) is 31.2. The molecule has 0 aliphatic heterocycles. The molecule has 12 rings (SSSR count). The van der Waals surface area contributed by atoms with Crippen LogP contribution in [-0.4, -0.2) is 0 Å². The SMILES string of the molecule is c1ccc(-c2ccc(-c3ccccc3)c(N(c3ccc(-c4ccc5ccc6c7ccccc7ccc6c5c4)cc3)c3ccc(-c4cc5ccccc5c5ccccc45)cc3)c2)cc1. The molecule has 12 aromatic carbocycles. The van der Waals surface area contributed by atoms with Crippen LogP contribution in [0, 0.1) is 0 Å². The molecule has 0 radical (unpaired) electrons. The zero-order chi connectivity index (χ0) is 41.7. The molecule has 0 spiro atoms. The molecule has 0 N–H and O–H groups in total. The molecule has 0 amide bonds. The van der Waals surface area contributed by atoms with Crippen LogP contribution in [0.15, 0.2) is 249 Å². The van der Waals surface area contributed by atoms with Crippen LogP contribution in [0.25, 0.3) is 98.4 Å². The number of nitrogens with zero attached hydrogens (tertiary/aromatic N) is 1. The molecule has 12 aromatic rings. The highest BCUT2D eigenvalue weighted by atomic mass is 15.1. The summed E-state index contributed by atoms with van der Waals surface area (Å²) in [4.78, 5) is 2.43. The molecular weight excluding hydrogens is 759 g/mol. The summed E-state index contributed by atoms with van der Waals surface area (Å²) in [5.74, 6) is 0. The summed E-state index contributed by atoms with van der Waals surface area (Å²) in [6.07, 6.45) is 0. The number of rotatable bonds is 7. The maximum Gasteiger partial charge on any atom is 0.0546 e. The molecule has 0 aromatic heterocycles. The van der Waals surface area contributed by atoms with Crippen molar-refractivity contribution >= 4 is 70.9 Å². The van der Waals surface area contributed by atoms with E-state index in [0.29, 0.717) is 0 Å². The zero-order valence-corrected chi connectivity index (χ0v) is 34.6. The number of hydrogen-bond acceptors (Lipinski definition) is 1. The van der Waals surface area contributed by atoms with Gasteiger partial charge in [-0.2, -0.15) is 0 Å². The summed E-state index contributed by atoms with van der Waals surface area (Å²) >= 11 is 0. The fourth-order valence-electron chi connectivity index (χ4n) is 9.70. The largest absolute Gasteiger partial charge is 0.310 e. The molecule has 0 fully saturated rings. The minimum absolute atomic E-state index is 1.09. The second-order valence-corrected chi connectivity index (χ2v) is 16.5. The predicted molar refractivity (Wildman–Crippen MR) is 270 cm³/mol. The Labute approximate surface area is 367 Å². The summed E-state index contributed by atoms with van der Waals surface area (Å²) in [6.45, 7) is 0. The van der Waals surface area contributed by atoms with Crippen molar-refractivity contribution < 1.29 is 0 Å². The Morgan fingerprint density at radius 3 is 1.33 bits per heavy atom. The Morgan fingerprint density at radius 2 is 0.635 bits per heavy atom. The minimum atomic E-state index is 1.09. The molecule has 0 saturated carbocycles. The highest BCUT2D eigenvalue weighted by molar-refractivity contribution is 6.18. The van der Waals surface area contributed by atoms with Crippen LogP contribution in [0.4, 0.5) is 17.1 Å². The molecule has 1 nitrogen and oxygen atoms in total. The zero-order valence-electron chi connectivity index (χ0n) is 34.6. The molecule has 1 heteroatoms. The fraction of sp³-hybridized carbons (Fsp3) is 0. The van der Waals surface area contributed by atoms with E-state index in [4.69, 9.17) is 0 Å². The molecular formula is C62H41N. The molecule has 0 atom stereocenters. The quantitative estimate of drug-likeness (QED) is 0.145. The highest BCUT2D eigenvalue weighted by Gasteiger charge is 2.20. The Morgan fingerprint density at radius 1 is 0.206 bits per heavy atom. The van der Waals surface area contributed by atoms with E-state index in [9.17, 15) is 0 Å². The lowest BCUT2D eigenvalue weighted by atomic mass is 9.93. The highest BCUT2D eigenvalue weighted by Crippen LogP contribution is 2.45. The molecule has 0 heterocycles. The maximum absolute atomic E-state index is 2.43. The van der Waals surface area contributed by atoms with Gasteiger partial charge in [-0.3, -0.25) is 0 Å². The Bertz CT molecular complexity index is 3650.